The van der Waals surface area contributed by atoms with E-state index in [-0.39, 0.29) is 32.0 Å². The van der Waals surface area contributed by atoms with Crippen molar-refractivity contribution in [2.45, 2.75) is 12.7 Å². The number of nitrogens with one attached hydrogen (secondary N) is 3. The van der Waals surface area contributed by atoms with Crippen molar-refractivity contribution in [1.29, 1.82) is 0 Å². The van der Waals surface area contributed by atoms with Gasteiger partial charge in [0.2, 0.25) is 0 Å². The number of H-pyrrole nitrogens is 1. The molecule has 9 nitrogen and oxygen atoms in total. The molecule has 0 atom stereocenters. The number of halogens is 5. The predicted octanol–water partition coefficient (Wildman–Crippen LogP) is 5.14. The molecule has 0 fully saturated rings. The molecule has 36 heavy (non-hydrogen) atoms. The highest BCUT2D eigenvalue weighted by Crippen LogP contribution is 2.34. The van der Waals surface area contributed by atoms with Crippen LogP contribution in [0.3, 0.4) is 0 Å². The van der Waals surface area contributed by atoms with E-state index in [0.717, 1.165) is 23.5 Å². The smallest absolute Gasteiger partial charge is 0.416 e. The fraction of sp³-hybridized carbons (Fsp3) is 0.0952. The molecule has 1 aromatic carbocycles. The highest BCUT2D eigenvalue weighted by Gasteiger charge is 2.33. The number of nitrogens with zero attached hydrogens (tertiary/aromatic N) is 3. The van der Waals surface area contributed by atoms with Gasteiger partial charge in [0.15, 0.2) is 16.6 Å². The number of hydrogen-bond acceptors (Lipinski definition) is 7. The Bertz CT molecular complexity index is 1420. The third-order valence-electron chi connectivity index (χ3n) is 4.70. The lowest BCUT2D eigenvalue weighted by atomic mass is 10.1. The molecule has 3 heterocycles. The molecule has 0 aliphatic heterocycles. The zero-order chi connectivity index (χ0) is 26.0. The zero-order valence-corrected chi connectivity index (χ0v) is 20.0. The molecular formula is C21H13Cl2F3N6O3S. The second kappa shape index (κ2) is 10.1. The molecule has 3 aromatic heterocycles. The third-order valence-corrected chi connectivity index (χ3v) is 6.25. The Balaban J connectivity index is 1.62. The van der Waals surface area contributed by atoms with Crippen LogP contribution in [0, 0.1) is 0 Å². The number of aromatic nitrogens is 4. The van der Waals surface area contributed by atoms with Crippen LogP contribution >= 0.6 is 34.5 Å². The van der Waals surface area contributed by atoms with Gasteiger partial charge in [-0.1, -0.05) is 52.7 Å². The highest BCUT2D eigenvalue weighted by molar-refractivity contribution is 7.19. The van der Waals surface area contributed by atoms with Gasteiger partial charge < -0.3 is 15.7 Å². The lowest BCUT2D eigenvalue weighted by molar-refractivity contribution is -0.138. The number of anilines is 1. The van der Waals surface area contributed by atoms with E-state index in [1.54, 1.807) is 6.07 Å². The predicted molar refractivity (Wildman–Crippen MR) is 126 cm³/mol. The summed E-state index contributed by atoms with van der Waals surface area (Å²) in [7, 11) is 0. The van der Waals surface area contributed by atoms with E-state index in [9.17, 15) is 27.9 Å². The van der Waals surface area contributed by atoms with Crippen LogP contribution in [0.25, 0.3) is 10.7 Å². The fourth-order valence-corrected chi connectivity index (χ4v) is 4.39. The van der Waals surface area contributed by atoms with Crippen molar-refractivity contribution in [3.8, 4) is 16.5 Å². The normalized spacial score (nSPS) is 11.4. The number of carbonyl (C=O) groups is 2. The Morgan fingerprint density at radius 3 is 2.53 bits per heavy atom. The molecular weight excluding hydrogens is 544 g/mol. The molecule has 4 rings (SSSR count). The van der Waals surface area contributed by atoms with Crippen LogP contribution in [-0.2, 0) is 12.7 Å². The largest absolute Gasteiger partial charge is 0.504 e. The van der Waals surface area contributed by atoms with Crippen LogP contribution in [0.2, 0.25) is 10.2 Å². The van der Waals surface area contributed by atoms with E-state index in [2.05, 4.69) is 30.8 Å². The number of aromatic amines is 1. The van der Waals surface area contributed by atoms with E-state index < -0.39 is 41.0 Å². The van der Waals surface area contributed by atoms with Crippen LogP contribution in [0.15, 0.2) is 42.6 Å². The Morgan fingerprint density at radius 2 is 1.86 bits per heavy atom. The van der Waals surface area contributed by atoms with E-state index in [1.165, 1.54) is 24.4 Å². The van der Waals surface area contributed by atoms with Gasteiger partial charge in [0.05, 0.1) is 16.3 Å². The van der Waals surface area contributed by atoms with Crippen molar-refractivity contribution in [2.75, 3.05) is 5.32 Å². The minimum Gasteiger partial charge on any atom is -0.504 e. The summed E-state index contributed by atoms with van der Waals surface area (Å²) < 4.78 is 39.9. The molecule has 0 aliphatic rings. The maximum Gasteiger partial charge on any atom is 0.416 e. The first-order valence-electron chi connectivity index (χ1n) is 9.85. The maximum absolute atomic E-state index is 13.3. The van der Waals surface area contributed by atoms with E-state index in [1.807, 2.05) is 0 Å². The number of thiazole rings is 1. The quantitative estimate of drug-likeness (QED) is 0.243. The lowest BCUT2D eigenvalue weighted by Crippen LogP contribution is -2.26. The van der Waals surface area contributed by atoms with Crippen molar-refractivity contribution in [2.24, 2.45) is 0 Å². The number of benzene rings is 1. The average molecular weight is 557 g/mol. The second-order valence-corrected chi connectivity index (χ2v) is 8.85. The standard InChI is InChI=1S/C21H13Cl2F3N6O3S/c22-11-7-13(29-16(23)15(11)33)17(34)31-20-14(30-19(36-20)12-5-6-28-32-12)18(35)27-8-9-3-1-2-4-10(9)21(24,25)26/h1-7,33H,8H2,(H,27,35)(H,28,32)(H,31,34). The van der Waals surface area contributed by atoms with E-state index in [0.29, 0.717) is 5.69 Å². The summed E-state index contributed by atoms with van der Waals surface area (Å²) in [4.78, 5) is 33.7. The summed E-state index contributed by atoms with van der Waals surface area (Å²) in [5.41, 5.74) is -1.11. The molecule has 0 unspecified atom stereocenters. The SMILES string of the molecule is O=C(Nc1sc(-c2ccn[nH]2)nc1C(=O)NCc1ccccc1C(F)(F)F)c1cc(Cl)c(O)c(Cl)n1. The highest BCUT2D eigenvalue weighted by atomic mass is 35.5. The number of hydrogen-bond donors (Lipinski definition) is 4. The van der Waals surface area contributed by atoms with Crippen molar-refractivity contribution < 1.29 is 27.9 Å². The summed E-state index contributed by atoms with van der Waals surface area (Å²) >= 11 is 12.5. The second-order valence-electron chi connectivity index (χ2n) is 7.09. The van der Waals surface area contributed by atoms with Crippen LogP contribution < -0.4 is 10.6 Å². The Kier molecular flexibility index (Phi) is 7.15. The summed E-state index contributed by atoms with van der Waals surface area (Å²) in [6.45, 7) is -0.441. The summed E-state index contributed by atoms with van der Waals surface area (Å²) in [5, 5.41) is 20.7. The molecule has 186 valence electrons. The third kappa shape index (κ3) is 5.42. The van der Waals surface area contributed by atoms with E-state index >= 15 is 0 Å². The maximum atomic E-state index is 13.3. The van der Waals surface area contributed by atoms with Gasteiger partial charge in [-0.25, -0.2) is 9.97 Å². The molecule has 0 spiro atoms. The van der Waals surface area contributed by atoms with Gasteiger partial charge in [0.25, 0.3) is 11.8 Å². The van der Waals surface area contributed by atoms with Crippen LogP contribution in [-0.4, -0.2) is 37.1 Å². The van der Waals surface area contributed by atoms with Gasteiger partial charge in [-0.15, -0.1) is 0 Å². The number of aromatic hydroxyl groups is 1. The topological polar surface area (TPSA) is 133 Å². The average Bonchev–Trinajstić information content (AvgIpc) is 3.50. The Hall–Kier alpha value is -3.68. The van der Waals surface area contributed by atoms with Gasteiger partial charge in [-0.3, -0.25) is 14.7 Å². The van der Waals surface area contributed by atoms with Crippen LogP contribution in [0.4, 0.5) is 18.2 Å². The number of rotatable bonds is 6. The van der Waals surface area contributed by atoms with Gasteiger partial charge in [0.1, 0.15) is 15.7 Å². The molecule has 15 heteroatoms. The summed E-state index contributed by atoms with van der Waals surface area (Å²) in [6, 6.07) is 7.47. The van der Waals surface area contributed by atoms with Gasteiger partial charge in [0, 0.05) is 12.7 Å². The van der Waals surface area contributed by atoms with Gasteiger partial charge in [-0.2, -0.15) is 18.3 Å². The molecule has 2 amide bonds. The first kappa shape index (κ1) is 25.4. The zero-order valence-electron chi connectivity index (χ0n) is 17.7. The number of alkyl halides is 3. The Morgan fingerprint density at radius 1 is 1.11 bits per heavy atom. The van der Waals surface area contributed by atoms with Crippen molar-refractivity contribution >= 4 is 51.4 Å². The van der Waals surface area contributed by atoms with Gasteiger partial charge in [-0.05, 0) is 23.8 Å². The number of carbonyl (C=O) groups excluding carboxylic acids is 2. The minimum atomic E-state index is -4.60. The summed E-state index contributed by atoms with van der Waals surface area (Å²) in [6.07, 6.45) is -3.15. The molecule has 0 saturated carbocycles. The van der Waals surface area contributed by atoms with Crippen LogP contribution in [0.1, 0.15) is 32.1 Å². The molecule has 0 aliphatic carbocycles. The Labute approximate surface area is 214 Å². The van der Waals surface area contributed by atoms with Crippen LogP contribution in [0.5, 0.6) is 5.75 Å². The van der Waals surface area contributed by atoms with E-state index in [4.69, 9.17) is 23.2 Å². The summed E-state index contributed by atoms with van der Waals surface area (Å²) in [5.74, 6) is -2.16. The number of pyridine rings is 1. The number of amides is 2. The molecule has 0 bridgehead atoms. The molecule has 4 N–H and O–H groups in total. The fourth-order valence-electron chi connectivity index (χ4n) is 3.02. The van der Waals surface area contributed by atoms with Gasteiger partial charge >= 0.3 is 6.18 Å². The minimum absolute atomic E-state index is 0.0201. The lowest BCUT2D eigenvalue weighted by Gasteiger charge is -2.13. The first-order chi connectivity index (χ1) is 17.0. The van der Waals surface area contributed by atoms with Crippen molar-refractivity contribution in [3.05, 3.63) is 75.3 Å². The first-order valence-corrected chi connectivity index (χ1v) is 11.4. The van der Waals surface area contributed by atoms with Crippen molar-refractivity contribution in [3.63, 3.8) is 0 Å². The molecule has 4 aromatic rings. The monoisotopic (exact) mass is 556 g/mol. The molecule has 0 saturated heterocycles. The van der Waals surface area contributed by atoms with Crippen molar-refractivity contribution in [1.82, 2.24) is 25.5 Å². The molecule has 0 radical (unpaired) electrons.